The third-order valence-corrected chi connectivity index (χ3v) is 3.65. The number of carbonyl (C=O) groups is 1. The van der Waals surface area contributed by atoms with E-state index in [1.807, 2.05) is 25.1 Å². The second-order valence-electron chi connectivity index (χ2n) is 3.69. The summed E-state index contributed by atoms with van der Waals surface area (Å²) in [5.41, 5.74) is 2.38. The minimum atomic E-state index is -0.782. The molecule has 0 saturated carbocycles. The van der Waals surface area contributed by atoms with Crippen LogP contribution in [0.1, 0.15) is 17.2 Å². The van der Waals surface area contributed by atoms with E-state index >= 15 is 0 Å². The molecule has 1 aliphatic rings. The Balaban J connectivity index is 2.11. The molecule has 1 aliphatic heterocycles. The van der Waals surface area contributed by atoms with E-state index in [2.05, 4.69) is 11.4 Å². The molecule has 0 aromatic heterocycles. The van der Waals surface area contributed by atoms with Crippen molar-refractivity contribution < 1.29 is 9.90 Å². The van der Waals surface area contributed by atoms with Crippen molar-refractivity contribution in [2.24, 2.45) is 0 Å². The number of nitrogens with one attached hydrogen (secondary N) is 1. The van der Waals surface area contributed by atoms with Crippen LogP contribution in [-0.4, -0.2) is 22.2 Å². The molecule has 3 nitrogen and oxygen atoms in total. The Morgan fingerprint density at radius 3 is 3.00 bits per heavy atom. The van der Waals surface area contributed by atoms with Crippen molar-refractivity contribution >= 4 is 17.7 Å². The molecule has 1 aromatic carbocycles. The maximum atomic E-state index is 10.8. The number of aliphatic carboxylic acids is 1. The van der Waals surface area contributed by atoms with E-state index in [1.165, 1.54) is 22.9 Å². The van der Waals surface area contributed by atoms with Crippen molar-refractivity contribution in [2.75, 3.05) is 5.75 Å². The van der Waals surface area contributed by atoms with E-state index in [-0.39, 0.29) is 6.04 Å². The van der Waals surface area contributed by atoms with Crippen LogP contribution in [0.2, 0.25) is 0 Å². The molecule has 0 unspecified atom stereocenters. The third-order valence-electron chi connectivity index (χ3n) is 2.45. The fourth-order valence-electron chi connectivity index (χ4n) is 1.69. The van der Waals surface area contributed by atoms with E-state index in [9.17, 15) is 4.79 Å². The van der Waals surface area contributed by atoms with Crippen LogP contribution in [0, 0.1) is 6.92 Å². The molecule has 0 spiro atoms. The van der Waals surface area contributed by atoms with Gasteiger partial charge >= 0.3 is 5.97 Å². The average molecular weight is 223 g/mol. The highest BCUT2D eigenvalue weighted by Crippen LogP contribution is 2.29. The van der Waals surface area contributed by atoms with Crippen LogP contribution in [0.4, 0.5) is 0 Å². The smallest absolute Gasteiger partial charge is 0.331 e. The summed E-state index contributed by atoms with van der Waals surface area (Å²) in [6, 6.07) is 8.35. The minimum Gasteiger partial charge on any atom is -0.479 e. The highest BCUT2D eigenvalue weighted by molar-refractivity contribution is 8.00. The summed E-state index contributed by atoms with van der Waals surface area (Å²) in [7, 11) is 0. The minimum absolute atomic E-state index is 0.163. The molecular weight excluding hydrogens is 210 g/mol. The van der Waals surface area contributed by atoms with Crippen LogP contribution in [0.15, 0.2) is 24.3 Å². The van der Waals surface area contributed by atoms with Gasteiger partial charge in [0, 0.05) is 11.8 Å². The molecule has 1 fully saturated rings. The predicted octanol–water partition coefficient (Wildman–Crippen LogP) is 1.78. The molecule has 15 heavy (non-hydrogen) atoms. The zero-order chi connectivity index (χ0) is 10.8. The Bertz CT molecular complexity index is 381. The molecule has 2 atom stereocenters. The van der Waals surface area contributed by atoms with E-state index in [4.69, 9.17) is 5.11 Å². The monoisotopic (exact) mass is 223 g/mol. The highest BCUT2D eigenvalue weighted by Gasteiger charge is 2.30. The molecule has 4 heteroatoms. The lowest BCUT2D eigenvalue weighted by atomic mass is 10.1. The topological polar surface area (TPSA) is 49.3 Å². The fourth-order valence-corrected chi connectivity index (χ4v) is 2.77. The van der Waals surface area contributed by atoms with Crippen molar-refractivity contribution in [2.45, 2.75) is 18.3 Å². The van der Waals surface area contributed by atoms with Gasteiger partial charge in [0.2, 0.25) is 0 Å². The van der Waals surface area contributed by atoms with Crippen LogP contribution in [0.3, 0.4) is 0 Å². The first kappa shape index (κ1) is 10.5. The number of rotatable bonds is 2. The predicted molar refractivity (Wildman–Crippen MR) is 60.9 cm³/mol. The zero-order valence-electron chi connectivity index (χ0n) is 8.43. The van der Waals surface area contributed by atoms with Crippen molar-refractivity contribution in [3.05, 3.63) is 35.4 Å². The van der Waals surface area contributed by atoms with Gasteiger partial charge in [-0.15, -0.1) is 11.8 Å². The Morgan fingerprint density at radius 2 is 2.40 bits per heavy atom. The lowest BCUT2D eigenvalue weighted by Gasteiger charge is -2.11. The summed E-state index contributed by atoms with van der Waals surface area (Å²) in [6.45, 7) is 2.04. The van der Waals surface area contributed by atoms with Gasteiger partial charge in [0.15, 0.2) is 5.37 Å². The summed E-state index contributed by atoms with van der Waals surface area (Å²) in [6.07, 6.45) is 0. The molecule has 1 saturated heterocycles. The number of hydrogen-bond acceptors (Lipinski definition) is 3. The zero-order valence-corrected chi connectivity index (χ0v) is 9.25. The van der Waals surface area contributed by atoms with Gasteiger partial charge in [0.05, 0.1) is 0 Å². The van der Waals surface area contributed by atoms with Gasteiger partial charge < -0.3 is 5.11 Å². The standard InChI is InChI=1S/C11H13NO2S/c1-7-3-2-4-8(5-7)9-6-15-10(12-9)11(13)14/h2-5,9-10,12H,6H2,1H3,(H,13,14)/t9-,10+/m1/s1. The quantitative estimate of drug-likeness (QED) is 0.802. The maximum Gasteiger partial charge on any atom is 0.331 e. The molecule has 1 heterocycles. The van der Waals surface area contributed by atoms with Crippen LogP contribution in [-0.2, 0) is 4.79 Å². The van der Waals surface area contributed by atoms with Crippen LogP contribution in [0.25, 0.3) is 0 Å². The first-order valence-corrected chi connectivity index (χ1v) is 5.89. The number of aryl methyl sites for hydroxylation is 1. The first-order chi connectivity index (χ1) is 7.16. The summed E-state index contributed by atoms with van der Waals surface area (Å²) >= 11 is 1.45. The molecule has 0 bridgehead atoms. The fraction of sp³-hybridized carbons (Fsp3) is 0.364. The average Bonchev–Trinajstić information content (AvgIpc) is 2.66. The highest BCUT2D eigenvalue weighted by atomic mass is 32.2. The van der Waals surface area contributed by atoms with Gasteiger partial charge in [-0.25, -0.2) is 4.79 Å². The van der Waals surface area contributed by atoms with Crippen molar-refractivity contribution in [3.8, 4) is 0 Å². The Hall–Kier alpha value is -1.00. The van der Waals surface area contributed by atoms with Crippen LogP contribution in [0.5, 0.6) is 0 Å². The maximum absolute atomic E-state index is 10.8. The molecule has 2 N–H and O–H groups in total. The molecule has 2 rings (SSSR count). The van der Waals surface area contributed by atoms with Crippen molar-refractivity contribution in [1.29, 1.82) is 0 Å². The normalized spacial score (nSPS) is 25.4. The number of thioether (sulfide) groups is 1. The van der Waals surface area contributed by atoms with Gasteiger partial charge in [-0.1, -0.05) is 29.8 Å². The van der Waals surface area contributed by atoms with E-state index < -0.39 is 11.3 Å². The van der Waals surface area contributed by atoms with Gasteiger partial charge in [-0.2, -0.15) is 0 Å². The van der Waals surface area contributed by atoms with Gasteiger partial charge in [0.1, 0.15) is 0 Å². The van der Waals surface area contributed by atoms with Crippen molar-refractivity contribution in [1.82, 2.24) is 5.32 Å². The number of benzene rings is 1. The number of carboxylic acid groups (broad SMARTS) is 1. The lowest BCUT2D eigenvalue weighted by molar-refractivity contribution is -0.136. The lowest BCUT2D eigenvalue weighted by Crippen LogP contribution is -2.30. The SMILES string of the molecule is Cc1cccc([C@H]2CS[C@@H](C(=O)O)N2)c1. The Morgan fingerprint density at radius 1 is 1.60 bits per heavy atom. The van der Waals surface area contributed by atoms with Crippen molar-refractivity contribution in [3.63, 3.8) is 0 Å². The number of carboxylic acids is 1. The van der Waals surface area contributed by atoms with Gasteiger partial charge in [0.25, 0.3) is 0 Å². The third kappa shape index (κ3) is 2.33. The van der Waals surface area contributed by atoms with Crippen LogP contribution >= 0.6 is 11.8 Å². The second-order valence-corrected chi connectivity index (χ2v) is 4.82. The first-order valence-electron chi connectivity index (χ1n) is 4.84. The largest absolute Gasteiger partial charge is 0.479 e. The summed E-state index contributed by atoms with van der Waals surface area (Å²) in [5, 5.41) is 11.5. The molecule has 0 amide bonds. The van der Waals surface area contributed by atoms with Gasteiger partial charge in [-0.05, 0) is 12.5 Å². The Labute approximate surface area is 92.9 Å². The summed E-state index contributed by atoms with van der Waals surface area (Å²) in [4.78, 5) is 10.8. The van der Waals surface area contributed by atoms with Gasteiger partial charge in [-0.3, -0.25) is 5.32 Å². The molecule has 80 valence electrons. The van der Waals surface area contributed by atoms with E-state index in [1.54, 1.807) is 0 Å². The van der Waals surface area contributed by atoms with E-state index in [0.717, 1.165) is 5.75 Å². The molecule has 1 aromatic rings. The molecule has 0 aliphatic carbocycles. The number of hydrogen-bond donors (Lipinski definition) is 2. The molecular formula is C11H13NO2S. The summed E-state index contributed by atoms with van der Waals surface area (Å²) < 4.78 is 0. The van der Waals surface area contributed by atoms with Crippen LogP contribution < -0.4 is 5.32 Å². The molecule has 0 radical (unpaired) electrons. The van der Waals surface area contributed by atoms with E-state index in [0.29, 0.717) is 0 Å². The summed E-state index contributed by atoms with van der Waals surface area (Å²) in [5.74, 6) is 0.0376. The Kier molecular flexibility index (Phi) is 2.98. The second kappa shape index (κ2) is 4.24.